The molecule has 9 heteroatoms. The van der Waals surface area contributed by atoms with E-state index in [0.717, 1.165) is 12.0 Å². The van der Waals surface area contributed by atoms with Crippen molar-refractivity contribution in [1.82, 2.24) is 5.32 Å². The molecule has 1 heterocycles. The molecule has 1 aliphatic heterocycles. The molecule has 0 unspecified atom stereocenters. The van der Waals surface area contributed by atoms with Crippen LogP contribution in [0.1, 0.15) is 18.4 Å². The Kier molecular flexibility index (Phi) is 5.98. The van der Waals surface area contributed by atoms with Crippen molar-refractivity contribution >= 4 is 27.1 Å². The zero-order valence-corrected chi connectivity index (χ0v) is 16.0. The van der Waals surface area contributed by atoms with Gasteiger partial charge in [0.05, 0.1) is 16.4 Å². The number of hydrogen-bond acceptors (Lipinski definition) is 6. The van der Waals surface area contributed by atoms with E-state index in [2.05, 4.69) is 5.32 Å². The summed E-state index contributed by atoms with van der Waals surface area (Å²) in [4.78, 5) is 10.6. The first-order chi connectivity index (χ1) is 12.8. The average molecular weight is 411 g/mol. The summed E-state index contributed by atoms with van der Waals surface area (Å²) in [6.45, 7) is 0.543. The molecule has 1 fully saturated rings. The summed E-state index contributed by atoms with van der Waals surface area (Å²) in [5.74, 6) is 1.02. The van der Waals surface area contributed by atoms with Crippen LogP contribution < -0.4 is 10.1 Å². The van der Waals surface area contributed by atoms with Crippen molar-refractivity contribution in [3.8, 4) is 11.5 Å². The number of nitrogens with one attached hydrogen (secondary N) is 1. The topological polar surface area (TPSA) is 98.5 Å². The largest absolute Gasteiger partial charge is 0.450 e. The molecule has 0 radical (unpaired) electrons. The smallest absolute Gasteiger partial charge is 0.313 e. The van der Waals surface area contributed by atoms with Crippen molar-refractivity contribution in [2.24, 2.45) is 0 Å². The summed E-state index contributed by atoms with van der Waals surface area (Å²) in [5.41, 5.74) is 0.766. The fraction of sp³-hybridized carbons (Fsp3) is 0.333. The second-order valence-corrected chi connectivity index (χ2v) is 9.11. The van der Waals surface area contributed by atoms with Gasteiger partial charge in [-0.05, 0) is 42.7 Å². The van der Waals surface area contributed by atoms with E-state index in [0.29, 0.717) is 18.7 Å². The van der Waals surface area contributed by atoms with Gasteiger partial charge in [0.15, 0.2) is 9.84 Å². The molecule has 1 aliphatic rings. The van der Waals surface area contributed by atoms with Crippen molar-refractivity contribution in [3.05, 3.63) is 63.2 Å². The van der Waals surface area contributed by atoms with Gasteiger partial charge >= 0.3 is 5.69 Å². The van der Waals surface area contributed by atoms with Crippen LogP contribution >= 0.6 is 11.6 Å². The van der Waals surface area contributed by atoms with Gasteiger partial charge in [0.1, 0.15) is 5.75 Å². The van der Waals surface area contributed by atoms with Gasteiger partial charge in [0.25, 0.3) is 0 Å². The van der Waals surface area contributed by atoms with Crippen LogP contribution in [-0.2, 0) is 16.4 Å². The van der Waals surface area contributed by atoms with Gasteiger partial charge < -0.3 is 10.1 Å². The summed E-state index contributed by atoms with van der Waals surface area (Å²) < 4.78 is 29.0. The first kappa shape index (κ1) is 19.6. The third kappa shape index (κ3) is 5.41. The van der Waals surface area contributed by atoms with Crippen LogP contribution in [0.25, 0.3) is 0 Å². The lowest BCUT2D eigenvalue weighted by Gasteiger charge is -2.23. The normalized spacial score (nSPS) is 18.8. The molecule has 0 amide bonds. The lowest BCUT2D eigenvalue weighted by molar-refractivity contribution is -0.385. The SMILES string of the molecule is O=[N+]([O-])c1cc(Cl)ccc1Oc1ccc(CN[C@@H]2CCCS(=O)(=O)C2)cc1. The predicted molar refractivity (Wildman–Crippen MR) is 103 cm³/mol. The van der Waals surface area contributed by atoms with Gasteiger partial charge in [-0.25, -0.2) is 8.42 Å². The van der Waals surface area contributed by atoms with Crippen molar-refractivity contribution in [3.63, 3.8) is 0 Å². The Morgan fingerprint density at radius 3 is 2.63 bits per heavy atom. The number of nitrogens with zero attached hydrogens (tertiary/aromatic N) is 1. The third-order valence-electron chi connectivity index (χ3n) is 4.33. The number of benzene rings is 2. The maximum atomic E-state index is 11.7. The van der Waals surface area contributed by atoms with E-state index in [1.807, 2.05) is 12.1 Å². The Bertz CT molecular complexity index is 931. The third-order valence-corrected chi connectivity index (χ3v) is 6.38. The monoisotopic (exact) mass is 410 g/mol. The fourth-order valence-corrected chi connectivity index (χ4v) is 4.80. The molecule has 0 spiro atoms. The molecule has 7 nitrogen and oxygen atoms in total. The van der Waals surface area contributed by atoms with E-state index in [4.69, 9.17) is 16.3 Å². The van der Waals surface area contributed by atoms with Gasteiger partial charge in [-0.3, -0.25) is 10.1 Å². The molecular weight excluding hydrogens is 392 g/mol. The van der Waals surface area contributed by atoms with Gasteiger partial charge in [-0.2, -0.15) is 0 Å². The van der Waals surface area contributed by atoms with E-state index in [1.54, 1.807) is 12.1 Å². The summed E-state index contributed by atoms with van der Waals surface area (Å²) in [7, 11) is -2.94. The molecule has 3 rings (SSSR count). The Balaban J connectivity index is 1.62. The molecule has 0 saturated carbocycles. The summed E-state index contributed by atoms with van der Waals surface area (Å²) in [5, 5.41) is 14.6. The standard InChI is InChI=1S/C18H19ClN2O5S/c19-14-5-8-18(17(10-14)21(22)23)26-16-6-3-13(4-7-16)11-20-15-2-1-9-27(24,25)12-15/h3-8,10,15,20H,1-2,9,11-12H2/t15-/m1/s1. The number of nitro groups is 1. The number of rotatable bonds is 6. The number of sulfone groups is 1. The minimum absolute atomic E-state index is 0.0311. The van der Waals surface area contributed by atoms with Crippen LogP contribution in [0.3, 0.4) is 0 Å². The molecule has 144 valence electrons. The molecule has 0 bridgehead atoms. The highest BCUT2D eigenvalue weighted by atomic mass is 35.5. The summed E-state index contributed by atoms with van der Waals surface area (Å²) in [6, 6.07) is 11.3. The zero-order valence-electron chi connectivity index (χ0n) is 14.4. The second-order valence-electron chi connectivity index (χ2n) is 6.45. The zero-order chi connectivity index (χ0) is 19.4. The fourth-order valence-electron chi connectivity index (χ4n) is 2.97. The molecule has 1 atom stereocenters. The number of ether oxygens (including phenoxy) is 1. The highest BCUT2D eigenvalue weighted by Gasteiger charge is 2.24. The van der Waals surface area contributed by atoms with E-state index in [1.165, 1.54) is 18.2 Å². The minimum atomic E-state index is -2.94. The molecule has 0 aliphatic carbocycles. The Morgan fingerprint density at radius 2 is 1.96 bits per heavy atom. The van der Waals surface area contributed by atoms with E-state index in [-0.39, 0.29) is 34.0 Å². The first-order valence-electron chi connectivity index (χ1n) is 8.47. The molecule has 2 aromatic rings. The van der Waals surface area contributed by atoms with Gasteiger partial charge in [-0.1, -0.05) is 23.7 Å². The quantitative estimate of drug-likeness (QED) is 0.575. The van der Waals surface area contributed by atoms with Crippen LogP contribution in [-0.4, -0.2) is 30.9 Å². The van der Waals surface area contributed by atoms with Crippen LogP contribution in [0.2, 0.25) is 5.02 Å². The van der Waals surface area contributed by atoms with Crippen LogP contribution in [0.5, 0.6) is 11.5 Å². The van der Waals surface area contributed by atoms with Gasteiger partial charge in [0.2, 0.25) is 5.75 Å². The lowest BCUT2D eigenvalue weighted by atomic mass is 10.1. The first-order valence-corrected chi connectivity index (χ1v) is 10.7. The molecule has 1 N–H and O–H groups in total. The predicted octanol–water partition coefficient (Wildman–Crippen LogP) is 3.71. The van der Waals surface area contributed by atoms with Gasteiger partial charge in [0, 0.05) is 23.7 Å². The summed E-state index contributed by atoms with van der Waals surface area (Å²) in [6.07, 6.45) is 1.54. The van der Waals surface area contributed by atoms with E-state index in [9.17, 15) is 18.5 Å². The van der Waals surface area contributed by atoms with Crippen LogP contribution in [0.15, 0.2) is 42.5 Å². The maximum Gasteiger partial charge on any atom is 0.313 e. The Hall–Kier alpha value is -2.16. The number of hydrogen-bond donors (Lipinski definition) is 1. The average Bonchev–Trinajstić information content (AvgIpc) is 2.61. The maximum absolute atomic E-state index is 11.7. The molecule has 2 aromatic carbocycles. The number of nitro benzene ring substituents is 1. The van der Waals surface area contributed by atoms with E-state index < -0.39 is 14.8 Å². The number of halogens is 1. The lowest BCUT2D eigenvalue weighted by Crippen LogP contribution is -2.39. The van der Waals surface area contributed by atoms with Gasteiger partial charge in [-0.15, -0.1) is 0 Å². The van der Waals surface area contributed by atoms with Crippen molar-refractivity contribution < 1.29 is 18.1 Å². The molecule has 0 aromatic heterocycles. The second kappa shape index (κ2) is 8.24. The van der Waals surface area contributed by atoms with Crippen molar-refractivity contribution in [1.29, 1.82) is 0 Å². The highest BCUT2D eigenvalue weighted by Crippen LogP contribution is 2.33. The van der Waals surface area contributed by atoms with Crippen LogP contribution in [0, 0.1) is 10.1 Å². The molecule has 1 saturated heterocycles. The van der Waals surface area contributed by atoms with Crippen molar-refractivity contribution in [2.75, 3.05) is 11.5 Å². The summed E-state index contributed by atoms with van der Waals surface area (Å²) >= 11 is 5.80. The Labute approximate surface area is 162 Å². The van der Waals surface area contributed by atoms with E-state index >= 15 is 0 Å². The minimum Gasteiger partial charge on any atom is -0.450 e. The Morgan fingerprint density at radius 1 is 1.22 bits per heavy atom. The van der Waals surface area contributed by atoms with Crippen LogP contribution in [0.4, 0.5) is 5.69 Å². The van der Waals surface area contributed by atoms with Crippen molar-refractivity contribution in [2.45, 2.75) is 25.4 Å². The molecular formula is C18H19ClN2O5S. The molecule has 27 heavy (non-hydrogen) atoms. The highest BCUT2D eigenvalue weighted by molar-refractivity contribution is 7.91.